The first kappa shape index (κ1) is 17.7. The minimum absolute atomic E-state index is 0. The Morgan fingerprint density at radius 1 is 1.50 bits per heavy atom. The molecule has 1 heterocycles. The van der Waals surface area contributed by atoms with Gasteiger partial charge < -0.3 is 20.1 Å². The van der Waals surface area contributed by atoms with Gasteiger partial charge in [0, 0.05) is 26.8 Å². The van der Waals surface area contributed by atoms with Gasteiger partial charge in [0.2, 0.25) is 5.91 Å². The fraction of sp³-hybridized carbons (Fsp3) is 0.929. The van der Waals surface area contributed by atoms with Gasteiger partial charge in [0.25, 0.3) is 0 Å². The van der Waals surface area contributed by atoms with E-state index in [-0.39, 0.29) is 35.9 Å². The molecule has 20 heavy (non-hydrogen) atoms. The second-order valence-corrected chi connectivity index (χ2v) is 5.82. The summed E-state index contributed by atoms with van der Waals surface area (Å²) in [4.78, 5) is 12.2. The molecule has 2 atom stereocenters. The summed E-state index contributed by atoms with van der Waals surface area (Å²) in [6.07, 6.45) is 4.64. The highest BCUT2D eigenvalue weighted by Gasteiger charge is 2.38. The Bertz CT molecular complexity index is 311. The molecule has 2 rings (SSSR count). The van der Waals surface area contributed by atoms with E-state index in [2.05, 4.69) is 10.6 Å². The van der Waals surface area contributed by atoms with Crippen LogP contribution in [0.1, 0.15) is 32.6 Å². The topological polar surface area (TPSA) is 59.6 Å². The zero-order valence-electron chi connectivity index (χ0n) is 12.4. The Kier molecular flexibility index (Phi) is 7.23. The lowest BCUT2D eigenvalue weighted by molar-refractivity contribution is -0.130. The summed E-state index contributed by atoms with van der Waals surface area (Å²) in [5.41, 5.74) is 0.268. The second kappa shape index (κ2) is 8.17. The number of morpholine rings is 1. The summed E-state index contributed by atoms with van der Waals surface area (Å²) in [6, 6.07) is -0.215. The van der Waals surface area contributed by atoms with Crippen LogP contribution in [-0.4, -0.2) is 51.5 Å². The maximum atomic E-state index is 12.2. The number of carbonyl (C=O) groups is 1. The fourth-order valence-electron chi connectivity index (χ4n) is 2.92. The van der Waals surface area contributed by atoms with Crippen LogP contribution in [0.5, 0.6) is 0 Å². The van der Waals surface area contributed by atoms with Crippen LogP contribution in [0.4, 0.5) is 0 Å². The van der Waals surface area contributed by atoms with Crippen molar-refractivity contribution in [3.8, 4) is 0 Å². The molecule has 1 aliphatic heterocycles. The number of hydrogen-bond donors (Lipinski definition) is 2. The molecule has 0 bridgehead atoms. The van der Waals surface area contributed by atoms with Crippen LogP contribution in [0, 0.1) is 5.41 Å². The molecule has 0 radical (unpaired) electrons. The van der Waals surface area contributed by atoms with Crippen molar-refractivity contribution >= 4 is 18.3 Å². The number of rotatable bonds is 6. The van der Waals surface area contributed by atoms with Crippen LogP contribution in [0.25, 0.3) is 0 Å². The highest BCUT2D eigenvalue weighted by molar-refractivity contribution is 5.85. The van der Waals surface area contributed by atoms with Crippen LogP contribution in [0.2, 0.25) is 0 Å². The molecule has 1 saturated heterocycles. The molecule has 2 aliphatic rings. The summed E-state index contributed by atoms with van der Waals surface area (Å²) >= 11 is 0. The largest absolute Gasteiger partial charge is 0.385 e. The van der Waals surface area contributed by atoms with Crippen LogP contribution < -0.4 is 10.6 Å². The highest BCUT2D eigenvalue weighted by Crippen LogP contribution is 2.43. The van der Waals surface area contributed by atoms with E-state index in [4.69, 9.17) is 9.47 Å². The number of halogens is 1. The molecule has 1 aliphatic carbocycles. The zero-order valence-corrected chi connectivity index (χ0v) is 13.3. The van der Waals surface area contributed by atoms with Crippen molar-refractivity contribution in [3.63, 3.8) is 0 Å². The van der Waals surface area contributed by atoms with E-state index in [9.17, 15) is 4.79 Å². The minimum atomic E-state index is -0.215. The Labute approximate surface area is 127 Å². The minimum Gasteiger partial charge on any atom is -0.385 e. The van der Waals surface area contributed by atoms with E-state index in [1.54, 1.807) is 7.11 Å². The van der Waals surface area contributed by atoms with Crippen LogP contribution >= 0.6 is 12.4 Å². The molecule has 1 saturated carbocycles. The van der Waals surface area contributed by atoms with Gasteiger partial charge in [0.05, 0.1) is 12.7 Å². The van der Waals surface area contributed by atoms with Gasteiger partial charge in [-0.25, -0.2) is 0 Å². The molecule has 1 amide bonds. The van der Waals surface area contributed by atoms with Gasteiger partial charge in [-0.3, -0.25) is 4.79 Å². The molecular formula is C14H27ClN2O3. The van der Waals surface area contributed by atoms with E-state index in [1.165, 1.54) is 19.3 Å². The third kappa shape index (κ3) is 4.32. The van der Waals surface area contributed by atoms with Crippen molar-refractivity contribution in [2.75, 3.05) is 33.4 Å². The summed E-state index contributed by atoms with van der Waals surface area (Å²) < 4.78 is 10.7. The maximum Gasteiger partial charge on any atom is 0.239 e. The van der Waals surface area contributed by atoms with Crippen molar-refractivity contribution in [3.05, 3.63) is 0 Å². The predicted octanol–water partition coefficient (Wildman–Crippen LogP) is 1.11. The third-order valence-electron chi connectivity index (χ3n) is 4.49. The number of ether oxygens (including phenoxy) is 2. The summed E-state index contributed by atoms with van der Waals surface area (Å²) in [6.45, 7) is 4.91. The standard InChI is InChI=1S/C14H26N2O3.ClH/c1-11-12(15-7-9-19-11)13(17)16-10-14(4-3-5-14)6-8-18-2;/h11-12,15H,3-10H2,1-2H3,(H,16,17);1H/t11-,12+;/m1./s1. The fourth-order valence-corrected chi connectivity index (χ4v) is 2.92. The molecule has 2 fully saturated rings. The Hall–Kier alpha value is -0.360. The summed E-state index contributed by atoms with van der Waals surface area (Å²) in [7, 11) is 1.73. The normalized spacial score (nSPS) is 28.1. The molecule has 6 heteroatoms. The van der Waals surface area contributed by atoms with Crippen LogP contribution in [0.15, 0.2) is 0 Å². The molecule has 5 nitrogen and oxygen atoms in total. The number of hydrogen-bond acceptors (Lipinski definition) is 4. The Balaban J connectivity index is 0.00000200. The summed E-state index contributed by atoms with van der Waals surface area (Å²) in [5.74, 6) is 0.0656. The Morgan fingerprint density at radius 3 is 2.80 bits per heavy atom. The van der Waals surface area contributed by atoms with Gasteiger partial charge >= 0.3 is 0 Å². The second-order valence-electron chi connectivity index (χ2n) is 5.82. The van der Waals surface area contributed by atoms with Crippen molar-refractivity contribution in [2.45, 2.75) is 44.8 Å². The molecule has 0 aromatic heterocycles. The van der Waals surface area contributed by atoms with Gasteiger partial charge in [-0.2, -0.15) is 0 Å². The molecule has 0 aromatic carbocycles. The first-order chi connectivity index (χ1) is 9.17. The highest BCUT2D eigenvalue weighted by atomic mass is 35.5. The van der Waals surface area contributed by atoms with E-state index in [0.717, 1.165) is 26.1 Å². The van der Waals surface area contributed by atoms with E-state index in [0.29, 0.717) is 6.61 Å². The number of carbonyl (C=O) groups excluding carboxylic acids is 1. The Morgan fingerprint density at radius 2 is 2.25 bits per heavy atom. The predicted molar refractivity (Wildman–Crippen MR) is 80.2 cm³/mol. The number of amides is 1. The quantitative estimate of drug-likeness (QED) is 0.772. The monoisotopic (exact) mass is 306 g/mol. The number of nitrogens with one attached hydrogen (secondary N) is 2. The van der Waals surface area contributed by atoms with Gasteiger partial charge in [-0.15, -0.1) is 12.4 Å². The van der Waals surface area contributed by atoms with Crippen molar-refractivity contribution < 1.29 is 14.3 Å². The maximum absolute atomic E-state index is 12.2. The SMILES string of the molecule is COCCC1(CNC(=O)[C@H]2NCCO[C@@H]2C)CCC1.Cl. The molecule has 0 spiro atoms. The van der Waals surface area contributed by atoms with Crippen molar-refractivity contribution in [1.82, 2.24) is 10.6 Å². The van der Waals surface area contributed by atoms with Crippen LogP contribution in [-0.2, 0) is 14.3 Å². The van der Waals surface area contributed by atoms with Gasteiger partial charge in [-0.05, 0) is 31.6 Å². The summed E-state index contributed by atoms with van der Waals surface area (Å²) in [5, 5.41) is 6.32. The van der Waals surface area contributed by atoms with Gasteiger partial charge in [0.1, 0.15) is 6.04 Å². The lowest BCUT2D eigenvalue weighted by Crippen LogP contribution is -2.57. The average Bonchev–Trinajstić information content (AvgIpc) is 2.37. The molecule has 118 valence electrons. The lowest BCUT2D eigenvalue weighted by Gasteiger charge is -2.42. The zero-order chi connectivity index (χ0) is 13.7. The van der Waals surface area contributed by atoms with Crippen LogP contribution in [0.3, 0.4) is 0 Å². The van der Waals surface area contributed by atoms with Crippen molar-refractivity contribution in [2.24, 2.45) is 5.41 Å². The van der Waals surface area contributed by atoms with E-state index in [1.807, 2.05) is 6.92 Å². The first-order valence-electron chi connectivity index (χ1n) is 7.28. The van der Waals surface area contributed by atoms with Gasteiger partial charge in [0.15, 0.2) is 0 Å². The van der Waals surface area contributed by atoms with Gasteiger partial charge in [-0.1, -0.05) is 6.42 Å². The lowest BCUT2D eigenvalue weighted by atomic mass is 9.66. The third-order valence-corrected chi connectivity index (χ3v) is 4.49. The average molecular weight is 307 g/mol. The number of methoxy groups -OCH3 is 1. The smallest absolute Gasteiger partial charge is 0.239 e. The van der Waals surface area contributed by atoms with Crippen molar-refractivity contribution in [1.29, 1.82) is 0 Å². The molecule has 0 unspecified atom stereocenters. The van der Waals surface area contributed by atoms with E-state index < -0.39 is 0 Å². The molecular weight excluding hydrogens is 280 g/mol. The molecule has 2 N–H and O–H groups in total. The molecule has 0 aromatic rings. The van der Waals surface area contributed by atoms with E-state index >= 15 is 0 Å². The first-order valence-corrected chi connectivity index (χ1v) is 7.28.